The highest BCUT2D eigenvalue weighted by atomic mass is 32.2. The van der Waals surface area contributed by atoms with Crippen molar-refractivity contribution in [2.75, 3.05) is 0 Å². The van der Waals surface area contributed by atoms with Crippen molar-refractivity contribution in [1.82, 2.24) is 10.0 Å². The third-order valence-corrected chi connectivity index (χ3v) is 8.08. The van der Waals surface area contributed by atoms with Crippen LogP contribution in [0.25, 0.3) is 10.4 Å². The van der Waals surface area contributed by atoms with E-state index < -0.39 is 10.0 Å². The fraction of sp³-hybridized carbons (Fsp3) is 0.160. The number of carbonyl (C=O) groups excluding carboxylic acids is 1. The summed E-state index contributed by atoms with van der Waals surface area (Å²) in [7, 11) is -3.64. The van der Waals surface area contributed by atoms with Crippen LogP contribution in [-0.4, -0.2) is 14.3 Å². The Bertz CT molecular complexity index is 1370. The SMILES string of the molecule is Cc1cccc(-c2ccc(S(=O)(=O)NCc3ccc(C(=O)NCc4ccc(C)o4)cc3)s2)c1. The minimum atomic E-state index is -3.64. The van der Waals surface area contributed by atoms with Gasteiger partial charge in [0.1, 0.15) is 15.7 Å². The van der Waals surface area contributed by atoms with Crippen LogP contribution in [0.3, 0.4) is 0 Å². The van der Waals surface area contributed by atoms with Gasteiger partial charge in [-0.15, -0.1) is 11.3 Å². The molecule has 0 aliphatic carbocycles. The maximum absolute atomic E-state index is 12.7. The molecule has 0 atom stereocenters. The molecule has 0 bridgehead atoms. The maximum atomic E-state index is 12.7. The second kappa shape index (κ2) is 9.74. The van der Waals surface area contributed by atoms with E-state index in [0.717, 1.165) is 27.3 Å². The van der Waals surface area contributed by atoms with Crippen molar-refractivity contribution in [3.05, 3.63) is 101 Å². The first-order valence-electron chi connectivity index (χ1n) is 10.4. The molecule has 0 aliphatic rings. The molecule has 0 saturated carbocycles. The summed E-state index contributed by atoms with van der Waals surface area (Å²) >= 11 is 1.24. The lowest BCUT2D eigenvalue weighted by Gasteiger charge is -2.07. The molecule has 2 heterocycles. The lowest BCUT2D eigenvalue weighted by molar-refractivity contribution is 0.0948. The van der Waals surface area contributed by atoms with Crippen molar-refractivity contribution in [2.24, 2.45) is 0 Å². The van der Waals surface area contributed by atoms with Gasteiger partial charge in [-0.2, -0.15) is 0 Å². The highest BCUT2D eigenvalue weighted by Gasteiger charge is 2.17. The number of nitrogens with one attached hydrogen (secondary N) is 2. The molecule has 0 aliphatic heterocycles. The Balaban J connectivity index is 1.35. The lowest BCUT2D eigenvalue weighted by Crippen LogP contribution is -2.23. The minimum Gasteiger partial charge on any atom is -0.465 e. The van der Waals surface area contributed by atoms with Gasteiger partial charge in [0.2, 0.25) is 10.0 Å². The van der Waals surface area contributed by atoms with Crippen LogP contribution in [0.2, 0.25) is 0 Å². The summed E-state index contributed by atoms with van der Waals surface area (Å²) in [6.45, 7) is 4.29. The lowest BCUT2D eigenvalue weighted by atomic mass is 10.1. The number of furan rings is 1. The third kappa shape index (κ3) is 5.78. The molecule has 33 heavy (non-hydrogen) atoms. The topological polar surface area (TPSA) is 88.4 Å². The molecule has 0 spiro atoms. The molecule has 170 valence electrons. The predicted octanol–water partition coefficient (Wildman–Crippen LogP) is 5.03. The summed E-state index contributed by atoms with van der Waals surface area (Å²) in [6.07, 6.45) is 0. The number of sulfonamides is 1. The number of hydrogen-bond donors (Lipinski definition) is 2. The van der Waals surface area contributed by atoms with Gasteiger partial charge in [-0.1, -0.05) is 42.0 Å². The second-order valence-corrected chi connectivity index (χ2v) is 10.8. The molecule has 1 amide bonds. The molecule has 0 saturated heterocycles. The largest absolute Gasteiger partial charge is 0.465 e. The van der Waals surface area contributed by atoms with Crippen molar-refractivity contribution in [2.45, 2.75) is 31.1 Å². The zero-order valence-electron chi connectivity index (χ0n) is 18.3. The van der Waals surface area contributed by atoms with Gasteiger partial charge in [0, 0.05) is 17.0 Å². The van der Waals surface area contributed by atoms with Gasteiger partial charge >= 0.3 is 0 Å². The minimum absolute atomic E-state index is 0.133. The standard InChI is InChI=1S/C25H24N2O4S2/c1-17-4-3-5-21(14-17)23-12-13-24(32-23)33(29,30)27-15-19-7-9-20(10-8-19)25(28)26-16-22-11-6-18(2)31-22/h3-14,27H,15-16H2,1-2H3,(H,26,28). The molecular formula is C25H24N2O4S2. The van der Waals surface area contributed by atoms with Crippen molar-refractivity contribution in [1.29, 1.82) is 0 Å². The number of carbonyl (C=O) groups is 1. The zero-order valence-corrected chi connectivity index (χ0v) is 19.9. The number of thiophene rings is 1. The van der Waals surface area contributed by atoms with E-state index in [1.165, 1.54) is 11.3 Å². The first-order valence-corrected chi connectivity index (χ1v) is 12.7. The quantitative estimate of drug-likeness (QED) is 0.370. The van der Waals surface area contributed by atoms with Crippen molar-refractivity contribution >= 4 is 27.3 Å². The first kappa shape index (κ1) is 23.0. The van der Waals surface area contributed by atoms with E-state index in [9.17, 15) is 13.2 Å². The molecule has 0 unspecified atom stereocenters. The predicted molar refractivity (Wildman–Crippen MR) is 130 cm³/mol. The van der Waals surface area contributed by atoms with E-state index in [-0.39, 0.29) is 16.7 Å². The number of aryl methyl sites for hydroxylation is 2. The van der Waals surface area contributed by atoms with E-state index in [1.807, 2.05) is 56.3 Å². The Morgan fingerprint density at radius 3 is 2.42 bits per heavy atom. The van der Waals surface area contributed by atoms with Crippen LogP contribution in [0.15, 0.2) is 81.4 Å². The van der Waals surface area contributed by atoms with Crippen LogP contribution >= 0.6 is 11.3 Å². The summed E-state index contributed by atoms with van der Waals surface area (Å²) in [5.74, 6) is 1.25. The Hall–Kier alpha value is -3.20. The van der Waals surface area contributed by atoms with Crippen LogP contribution in [0.5, 0.6) is 0 Å². The molecule has 2 aromatic heterocycles. The summed E-state index contributed by atoms with van der Waals surface area (Å²) in [4.78, 5) is 13.2. The van der Waals surface area contributed by atoms with Gasteiger partial charge in [0.05, 0.1) is 6.54 Å². The number of hydrogen-bond acceptors (Lipinski definition) is 5. The van der Waals surface area contributed by atoms with E-state index >= 15 is 0 Å². The van der Waals surface area contributed by atoms with Crippen LogP contribution in [0, 0.1) is 13.8 Å². The molecule has 6 nitrogen and oxygen atoms in total. The van der Waals surface area contributed by atoms with Gasteiger partial charge in [-0.25, -0.2) is 13.1 Å². The van der Waals surface area contributed by atoms with Gasteiger partial charge in [-0.05, 0) is 61.4 Å². The van der Waals surface area contributed by atoms with Crippen molar-refractivity contribution in [3.8, 4) is 10.4 Å². The zero-order chi connectivity index (χ0) is 23.4. The molecule has 0 radical (unpaired) electrons. The van der Waals surface area contributed by atoms with Gasteiger partial charge < -0.3 is 9.73 Å². The normalized spacial score (nSPS) is 11.5. The molecule has 2 aromatic carbocycles. The summed E-state index contributed by atoms with van der Waals surface area (Å²) in [5.41, 5.74) is 3.37. The monoisotopic (exact) mass is 480 g/mol. The molecule has 8 heteroatoms. The van der Waals surface area contributed by atoms with Gasteiger partial charge in [0.15, 0.2) is 0 Å². The van der Waals surface area contributed by atoms with Crippen LogP contribution < -0.4 is 10.0 Å². The Morgan fingerprint density at radius 2 is 1.73 bits per heavy atom. The Morgan fingerprint density at radius 1 is 0.939 bits per heavy atom. The van der Waals surface area contributed by atoms with E-state index in [0.29, 0.717) is 17.9 Å². The van der Waals surface area contributed by atoms with E-state index in [4.69, 9.17) is 4.42 Å². The fourth-order valence-corrected chi connectivity index (χ4v) is 5.66. The van der Waals surface area contributed by atoms with Crippen LogP contribution in [0.1, 0.15) is 33.0 Å². The average molecular weight is 481 g/mol. The first-order chi connectivity index (χ1) is 15.8. The average Bonchev–Trinajstić information content (AvgIpc) is 3.46. The molecule has 2 N–H and O–H groups in total. The third-order valence-electron chi connectivity index (χ3n) is 5.05. The molecule has 0 fully saturated rings. The maximum Gasteiger partial charge on any atom is 0.251 e. The smallest absolute Gasteiger partial charge is 0.251 e. The van der Waals surface area contributed by atoms with Crippen LogP contribution in [0.4, 0.5) is 0 Å². The summed E-state index contributed by atoms with van der Waals surface area (Å²) < 4.78 is 33.8. The fourth-order valence-electron chi connectivity index (χ4n) is 3.29. The highest BCUT2D eigenvalue weighted by molar-refractivity contribution is 7.91. The summed E-state index contributed by atoms with van der Waals surface area (Å²) in [5, 5.41) is 2.80. The summed E-state index contributed by atoms with van der Waals surface area (Å²) in [6, 6.07) is 21.9. The van der Waals surface area contributed by atoms with E-state index in [1.54, 1.807) is 30.3 Å². The Kier molecular flexibility index (Phi) is 6.78. The van der Waals surface area contributed by atoms with Crippen molar-refractivity contribution < 1.29 is 17.6 Å². The van der Waals surface area contributed by atoms with Gasteiger partial charge in [0.25, 0.3) is 5.91 Å². The van der Waals surface area contributed by atoms with Crippen LogP contribution in [-0.2, 0) is 23.1 Å². The van der Waals surface area contributed by atoms with E-state index in [2.05, 4.69) is 10.0 Å². The number of benzene rings is 2. The second-order valence-electron chi connectivity index (χ2n) is 7.70. The van der Waals surface area contributed by atoms with Crippen molar-refractivity contribution in [3.63, 3.8) is 0 Å². The van der Waals surface area contributed by atoms with Gasteiger partial charge in [-0.3, -0.25) is 4.79 Å². The highest BCUT2D eigenvalue weighted by Crippen LogP contribution is 2.31. The molecular weight excluding hydrogens is 456 g/mol. The number of rotatable bonds is 8. The molecule has 4 rings (SSSR count). The number of amides is 1. The molecule has 4 aromatic rings. The Labute approximate surface area is 197 Å².